The van der Waals surface area contributed by atoms with Gasteiger partial charge in [0, 0.05) is 24.8 Å². The first-order valence-electron chi connectivity index (χ1n) is 6.45. The normalized spacial score (nSPS) is 11.4. The van der Waals surface area contributed by atoms with Crippen LogP contribution in [0.3, 0.4) is 0 Å². The molecular weight excluding hydrogens is 250 g/mol. The quantitative estimate of drug-likeness (QED) is 0.388. The largest absolute Gasteiger partial charge is 0.409 e. The molecule has 0 fully saturated rings. The molecule has 0 aliphatic rings. The summed E-state index contributed by atoms with van der Waals surface area (Å²) in [6.45, 7) is 2.78. The van der Waals surface area contributed by atoms with Crippen molar-refractivity contribution < 1.29 is 5.21 Å². The number of hydrogen-bond acceptors (Lipinski definition) is 3. The van der Waals surface area contributed by atoms with Crippen molar-refractivity contribution in [2.75, 3.05) is 11.9 Å². The zero-order chi connectivity index (χ0) is 14.5. The van der Waals surface area contributed by atoms with Crippen molar-refractivity contribution in [3.05, 3.63) is 65.2 Å². The van der Waals surface area contributed by atoms with Crippen molar-refractivity contribution in [3.63, 3.8) is 0 Å². The zero-order valence-electron chi connectivity index (χ0n) is 11.7. The molecule has 0 atom stereocenters. The summed E-state index contributed by atoms with van der Waals surface area (Å²) in [5, 5.41) is 12.0. The molecule has 0 unspecified atom stereocenters. The maximum absolute atomic E-state index is 8.90. The van der Waals surface area contributed by atoms with E-state index < -0.39 is 0 Å². The molecule has 0 radical (unpaired) electrons. The topological polar surface area (TPSA) is 61.9 Å². The Balaban J connectivity index is 2.33. The molecule has 0 aromatic heterocycles. The predicted octanol–water partition coefficient (Wildman–Crippen LogP) is 2.73. The van der Waals surface area contributed by atoms with Crippen LogP contribution in [0.25, 0.3) is 0 Å². The molecule has 104 valence electrons. The summed E-state index contributed by atoms with van der Waals surface area (Å²) < 4.78 is 0. The molecule has 0 amide bonds. The molecule has 2 rings (SSSR count). The highest BCUT2D eigenvalue weighted by Gasteiger charge is 2.11. The smallest absolute Gasteiger partial charge is 0.172 e. The van der Waals surface area contributed by atoms with E-state index in [9.17, 15) is 0 Å². The van der Waals surface area contributed by atoms with Gasteiger partial charge in [0.2, 0.25) is 0 Å². The van der Waals surface area contributed by atoms with E-state index in [4.69, 9.17) is 10.9 Å². The Hall–Kier alpha value is -2.49. The van der Waals surface area contributed by atoms with Crippen molar-refractivity contribution in [1.29, 1.82) is 0 Å². The van der Waals surface area contributed by atoms with Crippen LogP contribution in [0.4, 0.5) is 5.69 Å². The summed E-state index contributed by atoms with van der Waals surface area (Å²) in [6, 6.07) is 16.1. The van der Waals surface area contributed by atoms with Crippen molar-refractivity contribution >= 4 is 11.5 Å². The van der Waals surface area contributed by atoms with Crippen LogP contribution in [-0.4, -0.2) is 18.1 Å². The third kappa shape index (κ3) is 3.09. The molecule has 0 aliphatic heterocycles. The highest BCUT2D eigenvalue weighted by molar-refractivity contribution is 6.02. The maximum Gasteiger partial charge on any atom is 0.172 e. The maximum atomic E-state index is 8.90. The number of anilines is 1. The lowest BCUT2D eigenvalue weighted by molar-refractivity contribution is 0.318. The summed E-state index contributed by atoms with van der Waals surface area (Å²) in [7, 11) is 2.00. The molecule has 0 heterocycles. The van der Waals surface area contributed by atoms with Crippen LogP contribution in [-0.2, 0) is 6.54 Å². The Kier molecular flexibility index (Phi) is 4.25. The fraction of sp³-hybridized carbons (Fsp3) is 0.188. The average Bonchev–Trinajstić information content (AvgIpc) is 2.47. The van der Waals surface area contributed by atoms with Gasteiger partial charge in [-0.2, -0.15) is 0 Å². The first kappa shape index (κ1) is 13.9. The number of rotatable bonds is 4. The van der Waals surface area contributed by atoms with Crippen LogP contribution in [0.15, 0.2) is 53.7 Å². The van der Waals surface area contributed by atoms with Gasteiger partial charge >= 0.3 is 0 Å². The number of benzene rings is 2. The van der Waals surface area contributed by atoms with E-state index in [0.717, 1.165) is 23.4 Å². The van der Waals surface area contributed by atoms with Crippen molar-refractivity contribution in [1.82, 2.24) is 0 Å². The lowest BCUT2D eigenvalue weighted by Crippen LogP contribution is -2.22. The van der Waals surface area contributed by atoms with Crippen LogP contribution in [0.2, 0.25) is 0 Å². The minimum atomic E-state index is 0.125. The molecule has 0 bridgehead atoms. The lowest BCUT2D eigenvalue weighted by Gasteiger charge is -2.22. The molecule has 2 aromatic rings. The fourth-order valence-electron chi connectivity index (χ4n) is 2.17. The molecule has 4 nitrogen and oxygen atoms in total. The summed E-state index contributed by atoms with van der Waals surface area (Å²) in [5.74, 6) is 0.125. The zero-order valence-corrected chi connectivity index (χ0v) is 11.7. The van der Waals surface area contributed by atoms with Crippen LogP contribution in [0.5, 0.6) is 0 Å². The van der Waals surface area contributed by atoms with Gasteiger partial charge in [-0.15, -0.1) is 0 Å². The highest BCUT2D eigenvalue weighted by Crippen LogP contribution is 2.22. The number of oxime groups is 1. The van der Waals surface area contributed by atoms with Gasteiger partial charge < -0.3 is 15.8 Å². The van der Waals surface area contributed by atoms with E-state index in [1.165, 1.54) is 5.56 Å². The SMILES string of the molecule is Cc1ccc(C(N)=NO)c(N(C)Cc2ccccc2)c1. The second kappa shape index (κ2) is 6.10. The second-order valence-corrected chi connectivity index (χ2v) is 4.85. The van der Waals surface area contributed by atoms with E-state index in [0.29, 0.717) is 0 Å². The van der Waals surface area contributed by atoms with Crippen LogP contribution < -0.4 is 10.6 Å². The molecule has 0 saturated heterocycles. The Labute approximate surface area is 119 Å². The molecular formula is C16H19N3O. The predicted molar refractivity (Wildman–Crippen MR) is 82.2 cm³/mol. The van der Waals surface area contributed by atoms with E-state index in [-0.39, 0.29) is 5.84 Å². The van der Waals surface area contributed by atoms with Gasteiger partial charge in [0.15, 0.2) is 5.84 Å². The minimum absolute atomic E-state index is 0.125. The van der Waals surface area contributed by atoms with Gasteiger partial charge in [-0.05, 0) is 30.2 Å². The van der Waals surface area contributed by atoms with Gasteiger partial charge in [-0.3, -0.25) is 0 Å². The molecule has 20 heavy (non-hydrogen) atoms. The van der Waals surface area contributed by atoms with Crippen LogP contribution in [0, 0.1) is 6.92 Å². The van der Waals surface area contributed by atoms with Crippen molar-refractivity contribution in [2.45, 2.75) is 13.5 Å². The summed E-state index contributed by atoms with van der Waals surface area (Å²) in [4.78, 5) is 2.09. The van der Waals surface area contributed by atoms with Crippen LogP contribution >= 0.6 is 0 Å². The standard InChI is InChI=1S/C16H19N3O/c1-12-8-9-14(16(17)18-20)15(10-12)19(2)11-13-6-4-3-5-7-13/h3-10,20H,11H2,1-2H3,(H2,17,18). The number of nitrogens with two attached hydrogens (primary N) is 1. The Morgan fingerprint density at radius 3 is 2.55 bits per heavy atom. The molecule has 0 spiro atoms. The van der Waals surface area contributed by atoms with E-state index >= 15 is 0 Å². The van der Waals surface area contributed by atoms with Crippen molar-refractivity contribution in [3.8, 4) is 0 Å². The highest BCUT2D eigenvalue weighted by atomic mass is 16.4. The first-order valence-corrected chi connectivity index (χ1v) is 6.45. The van der Waals surface area contributed by atoms with Gasteiger partial charge in [-0.1, -0.05) is 41.6 Å². The average molecular weight is 269 g/mol. The minimum Gasteiger partial charge on any atom is -0.409 e. The molecule has 3 N–H and O–H groups in total. The number of amidine groups is 1. The third-order valence-electron chi connectivity index (χ3n) is 3.21. The molecule has 0 aliphatic carbocycles. The van der Waals surface area contributed by atoms with E-state index in [1.807, 2.05) is 50.4 Å². The Morgan fingerprint density at radius 2 is 1.90 bits per heavy atom. The summed E-state index contributed by atoms with van der Waals surface area (Å²) >= 11 is 0. The monoisotopic (exact) mass is 269 g/mol. The van der Waals surface area contributed by atoms with E-state index in [2.05, 4.69) is 22.2 Å². The molecule has 0 saturated carbocycles. The van der Waals surface area contributed by atoms with Gasteiger partial charge in [0.05, 0.1) is 0 Å². The number of nitrogens with zero attached hydrogens (tertiary/aromatic N) is 2. The first-order chi connectivity index (χ1) is 9.61. The van der Waals surface area contributed by atoms with Gasteiger partial charge in [0.25, 0.3) is 0 Å². The Morgan fingerprint density at radius 1 is 1.20 bits per heavy atom. The number of hydrogen-bond donors (Lipinski definition) is 2. The van der Waals surface area contributed by atoms with Gasteiger partial charge in [0.1, 0.15) is 0 Å². The van der Waals surface area contributed by atoms with Crippen LogP contribution in [0.1, 0.15) is 16.7 Å². The van der Waals surface area contributed by atoms with E-state index in [1.54, 1.807) is 0 Å². The van der Waals surface area contributed by atoms with Crippen molar-refractivity contribution in [2.24, 2.45) is 10.9 Å². The lowest BCUT2D eigenvalue weighted by atomic mass is 10.1. The number of aryl methyl sites for hydroxylation is 1. The Bertz CT molecular complexity index is 608. The summed E-state index contributed by atoms with van der Waals surface area (Å²) in [6.07, 6.45) is 0. The molecule has 2 aromatic carbocycles. The summed E-state index contributed by atoms with van der Waals surface area (Å²) in [5.41, 5.74) is 9.77. The molecule has 4 heteroatoms. The third-order valence-corrected chi connectivity index (χ3v) is 3.21. The fourth-order valence-corrected chi connectivity index (χ4v) is 2.17. The second-order valence-electron chi connectivity index (χ2n) is 4.85. The van der Waals surface area contributed by atoms with Gasteiger partial charge in [-0.25, -0.2) is 0 Å².